The summed E-state index contributed by atoms with van der Waals surface area (Å²) in [5.74, 6) is 0.657. The molecule has 0 bridgehead atoms. The van der Waals surface area contributed by atoms with E-state index < -0.39 is 0 Å². The zero-order valence-electron chi connectivity index (χ0n) is 13.6. The number of rotatable bonds is 7. The first-order valence-electron chi connectivity index (χ1n) is 7.81. The van der Waals surface area contributed by atoms with E-state index in [1.54, 1.807) is 31.8 Å². The Morgan fingerprint density at radius 2 is 1.83 bits per heavy atom. The van der Waals surface area contributed by atoms with Crippen LogP contribution in [0.15, 0.2) is 61.2 Å². The van der Waals surface area contributed by atoms with E-state index in [0.717, 1.165) is 30.0 Å². The molecule has 0 saturated heterocycles. The van der Waals surface area contributed by atoms with E-state index in [-0.39, 0.29) is 5.82 Å². The minimum atomic E-state index is -0.210. The molecule has 3 aromatic rings. The van der Waals surface area contributed by atoms with Crippen molar-refractivity contribution in [3.05, 3.63) is 83.7 Å². The van der Waals surface area contributed by atoms with Crippen LogP contribution < -0.4 is 10.1 Å². The Morgan fingerprint density at radius 3 is 2.54 bits per heavy atom. The first-order chi connectivity index (χ1) is 11.7. The number of nitrogens with one attached hydrogen (secondary N) is 1. The molecule has 2 aromatic carbocycles. The standard InChI is InChI=1S/C19H20FN3O/c1-24-19-7-4-16(10-17(19)13-23-9-8-21-14-23)12-22-11-15-2-5-18(20)6-3-15/h2-10,14,22H,11-13H2,1H3. The predicted octanol–water partition coefficient (Wildman–Crippen LogP) is 3.37. The largest absolute Gasteiger partial charge is 0.496 e. The molecule has 0 saturated carbocycles. The number of benzene rings is 2. The monoisotopic (exact) mass is 325 g/mol. The predicted molar refractivity (Wildman–Crippen MR) is 91.3 cm³/mol. The molecule has 0 spiro atoms. The molecule has 1 N–H and O–H groups in total. The highest BCUT2D eigenvalue weighted by atomic mass is 19.1. The van der Waals surface area contributed by atoms with Crippen LogP contribution in [0.4, 0.5) is 4.39 Å². The molecule has 1 aromatic heterocycles. The molecule has 5 heteroatoms. The van der Waals surface area contributed by atoms with Crippen molar-refractivity contribution >= 4 is 0 Å². The summed E-state index contributed by atoms with van der Waals surface area (Å²) in [5.41, 5.74) is 3.34. The Bertz CT molecular complexity index is 770. The van der Waals surface area contributed by atoms with Gasteiger partial charge in [-0.3, -0.25) is 0 Å². The van der Waals surface area contributed by atoms with Crippen LogP contribution in [0.5, 0.6) is 5.75 Å². The fourth-order valence-corrected chi connectivity index (χ4v) is 2.60. The zero-order chi connectivity index (χ0) is 16.8. The Morgan fingerprint density at radius 1 is 1.08 bits per heavy atom. The molecule has 0 fully saturated rings. The summed E-state index contributed by atoms with van der Waals surface area (Å²) in [7, 11) is 1.68. The first-order valence-corrected chi connectivity index (χ1v) is 7.81. The number of methoxy groups -OCH3 is 1. The quantitative estimate of drug-likeness (QED) is 0.724. The van der Waals surface area contributed by atoms with E-state index in [2.05, 4.69) is 16.4 Å². The van der Waals surface area contributed by atoms with E-state index in [1.807, 2.05) is 22.9 Å². The lowest BCUT2D eigenvalue weighted by molar-refractivity contribution is 0.408. The summed E-state index contributed by atoms with van der Waals surface area (Å²) in [6.45, 7) is 2.15. The van der Waals surface area contributed by atoms with E-state index in [0.29, 0.717) is 6.54 Å². The van der Waals surface area contributed by atoms with Gasteiger partial charge in [0.25, 0.3) is 0 Å². The van der Waals surface area contributed by atoms with Gasteiger partial charge in [-0.05, 0) is 35.4 Å². The molecule has 0 aliphatic carbocycles. The molecule has 0 unspecified atom stereocenters. The third kappa shape index (κ3) is 4.20. The van der Waals surface area contributed by atoms with Gasteiger partial charge in [-0.25, -0.2) is 9.37 Å². The molecule has 1 heterocycles. The van der Waals surface area contributed by atoms with Crippen LogP contribution in [-0.4, -0.2) is 16.7 Å². The number of imidazole rings is 1. The summed E-state index contributed by atoms with van der Waals surface area (Å²) >= 11 is 0. The average molecular weight is 325 g/mol. The summed E-state index contributed by atoms with van der Waals surface area (Å²) in [4.78, 5) is 4.07. The Kier molecular flexibility index (Phi) is 5.23. The molecule has 4 nitrogen and oxygen atoms in total. The average Bonchev–Trinajstić information content (AvgIpc) is 3.10. The number of nitrogens with zero attached hydrogens (tertiary/aromatic N) is 2. The zero-order valence-corrected chi connectivity index (χ0v) is 13.6. The highest BCUT2D eigenvalue weighted by Gasteiger charge is 2.05. The maximum Gasteiger partial charge on any atom is 0.123 e. The SMILES string of the molecule is COc1ccc(CNCc2ccc(F)cc2)cc1Cn1ccnc1. The molecule has 0 amide bonds. The van der Waals surface area contributed by atoms with Gasteiger partial charge in [0.2, 0.25) is 0 Å². The van der Waals surface area contributed by atoms with Crippen LogP contribution in [0, 0.1) is 5.82 Å². The number of halogens is 1. The molecule has 0 atom stereocenters. The van der Waals surface area contributed by atoms with E-state index >= 15 is 0 Å². The summed E-state index contributed by atoms with van der Waals surface area (Å²) in [6.07, 6.45) is 5.48. The van der Waals surface area contributed by atoms with Crippen LogP contribution in [0.25, 0.3) is 0 Å². The molecule has 0 radical (unpaired) electrons. The summed E-state index contributed by atoms with van der Waals surface area (Å²) < 4.78 is 20.4. The first kappa shape index (κ1) is 16.2. The van der Waals surface area contributed by atoms with Crippen LogP contribution in [0.3, 0.4) is 0 Å². The molecule has 0 aliphatic rings. The molecular formula is C19H20FN3O. The fraction of sp³-hybridized carbons (Fsp3) is 0.211. The smallest absolute Gasteiger partial charge is 0.123 e. The molecule has 0 aliphatic heterocycles. The minimum Gasteiger partial charge on any atom is -0.496 e. The maximum atomic E-state index is 12.9. The van der Waals surface area contributed by atoms with Gasteiger partial charge < -0.3 is 14.6 Å². The normalized spacial score (nSPS) is 10.8. The second-order valence-electron chi connectivity index (χ2n) is 5.61. The van der Waals surface area contributed by atoms with Crippen molar-refractivity contribution in [3.8, 4) is 5.75 Å². The van der Waals surface area contributed by atoms with Crippen molar-refractivity contribution in [3.63, 3.8) is 0 Å². The molecule has 24 heavy (non-hydrogen) atoms. The molecular weight excluding hydrogens is 305 g/mol. The van der Waals surface area contributed by atoms with Crippen molar-refractivity contribution in [1.82, 2.24) is 14.9 Å². The van der Waals surface area contributed by atoms with Crippen molar-refractivity contribution < 1.29 is 9.13 Å². The topological polar surface area (TPSA) is 39.1 Å². The van der Waals surface area contributed by atoms with Crippen molar-refractivity contribution in [2.24, 2.45) is 0 Å². The van der Waals surface area contributed by atoms with Gasteiger partial charge in [0.15, 0.2) is 0 Å². The second-order valence-corrected chi connectivity index (χ2v) is 5.61. The molecule has 124 valence electrons. The number of hydrogen-bond donors (Lipinski definition) is 1. The van der Waals surface area contributed by atoms with Gasteiger partial charge in [-0.15, -0.1) is 0 Å². The third-order valence-electron chi connectivity index (χ3n) is 3.83. The summed E-state index contributed by atoms with van der Waals surface area (Å²) in [6, 6.07) is 12.7. The van der Waals surface area contributed by atoms with E-state index in [4.69, 9.17) is 4.74 Å². The highest BCUT2D eigenvalue weighted by Crippen LogP contribution is 2.21. The second kappa shape index (κ2) is 7.75. The van der Waals surface area contributed by atoms with Crippen molar-refractivity contribution in [2.75, 3.05) is 7.11 Å². The fourth-order valence-electron chi connectivity index (χ4n) is 2.60. The van der Waals surface area contributed by atoms with Gasteiger partial charge in [0.05, 0.1) is 20.0 Å². The van der Waals surface area contributed by atoms with Crippen LogP contribution in [-0.2, 0) is 19.6 Å². The van der Waals surface area contributed by atoms with Crippen molar-refractivity contribution in [1.29, 1.82) is 0 Å². The Balaban J connectivity index is 1.64. The van der Waals surface area contributed by atoms with E-state index in [1.165, 1.54) is 17.7 Å². The van der Waals surface area contributed by atoms with Gasteiger partial charge in [-0.1, -0.05) is 18.2 Å². The lowest BCUT2D eigenvalue weighted by atomic mass is 10.1. The van der Waals surface area contributed by atoms with E-state index in [9.17, 15) is 4.39 Å². The minimum absolute atomic E-state index is 0.210. The Labute approximate surface area is 140 Å². The van der Waals surface area contributed by atoms with Gasteiger partial charge in [-0.2, -0.15) is 0 Å². The van der Waals surface area contributed by atoms with Crippen LogP contribution in [0.2, 0.25) is 0 Å². The maximum absolute atomic E-state index is 12.9. The lowest BCUT2D eigenvalue weighted by Gasteiger charge is -2.12. The van der Waals surface area contributed by atoms with Crippen LogP contribution >= 0.6 is 0 Å². The highest BCUT2D eigenvalue weighted by molar-refractivity contribution is 5.37. The Hall–Kier alpha value is -2.66. The van der Waals surface area contributed by atoms with Gasteiger partial charge in [0.1, 0.15) is 11.6 Å². The number of ether oxygens (including phenoxy) is 1. The van der Waals surface area contributed by atoms with Crippen LogP contribution in [0.1, 0.15) is 16.7 Å². The third-order valence-corrected chi connectivity index (χ3v) is 3.83. The van der Waals surface area contributed by atoms with Gasteiger partial charge in [0, 0.05) is 31.0 Å². The summed E-state index contributed by atoms with van der Waals surface area (Å²) in [5, 5.41) is 3.38. The molecule has 3 rings (SSSR count). The van der Waals surface area contributed by atoms with Gasteiger partial charge >= 0.3 is 0 Å². The number of aromatic nitrogens is 2. The number of hydrogen-bond acceptors (Lipinski definition) is 3. The lowest BCUT2D eigenvalue weighted by Crippen LogP contribution is -2.13. The van der Waals surface area contributed by atoms with Crippen molar-refractivity contribution in [2.45, 2.75) is 19.6 Å².